The van der Waals surface area contributed by atoms with Crippen molar-refractivity contribution in [3.05, 3.63) is 108 Å². The number of carbonyl (C=O) groups excluding carboxylic acids is 3. The van der Waals surface area contributed by atoms with Crippen molar-refractivity contribution in [2.24, 2.45) is 0 Å². The topological polar surface area (TPSA) is 84.9 Å². The summed E-state index contributed by atoms with van der Waals surface area (Å²) in [5, 5.41) is 2.78. The second-order valence-corrected chi connectivity index (χ2v) is 11.2. The molecule has 4 rings (SSSR count). The van der Waals surface area contributed by atoms with Crippen molar-refractivity contribution < 1.29 is 23.9 Å². The molecule has 1 saturated heterocycles. The summed E-state index contributed by atoms with van der Waals surface area (Å²) in [5.41, 5.74) is 3.42. The Hall–Kier alpha value is -4.39. The molecule has 3 aromatic carbocycles. The SMILES string of the molecule is C=C(C(=O)OCc1ccccc1)C1CCCN1C(=O)C(Cc1ccc(-c2ccccc2)cc1)NC(=O)OC(C)(C)C. The highest BCUT2D eigenvalue weighted by molar-refractivity contribution is 5.92. The van der Waals surface area contributed by atoms with Gasteiger partial charge in [0.15, 0.2) is 0 Å². The van der Waals surface area contributed by atoms with E-state index < -0.39 is 29.7 Å². The first-order chi connectivity index (χ1) is 19.6. The predicted molar refractivity (Wildman–Crippen MR) is 159 cm³/mol. The van der Waals surface area contributed by atoms with Gasteiger partial charge in [0.05, 0.1) is 11.6 Å². The Bertz CT molecular complexity index is 1350. The zero-order valence-corrected chi connectivity index (χ0v) is 24.0. The summed E-state index contributed by atoms with van der Waals surface area (Å²) in [5.74, 6) is -0.825. The molecule has 1 aliphatic rings. The van der Waals surface area contributed by atoms with E-state index in [0.717, 1.165) is 22.3 Å². The molecule has 0 radical (unpaired) electrons. The lowest BCUT2D eigenvalue weighted by Crippen LogP contribution is -2.52. The number of rotatable bonds is 9. The zero-order valence-electron chi connectivity index (χ0n) is 24.0. The molecule has 41 heavy (non-hydrogen) atoms. The molecular weight excluding hydrogens is 516 g/mol. The fraction of sp³-hybridized carbons (Fsp3) is 0.324. The first-order valence-corrected chi connectivity index (χ1v) is 13.9. The molecule has 2 amide bonds. The molecule has 2 atom stereocenters. The lowest BCUT2D eigenvalue weighted by Gasteiger charge is -2.30. The van der Waals surface area contributed by atoms with Crippen LogP contribution in [0.2, 0.25) is 0 Å². The summed E-state index contributed by atoms with van der Waals surface area (Å²) in [4.78, 5) is 41.2. The minimum absolute atomic E-state index is 0.126. The lowest BCUT2D eigenvalue weighted by atomic mass is 9.99. The van der Waals surface area contributed by atoms with Gasteiger partial charge in [-0.1, -0.05) is 91.5 Å². The van der Waals surface area contributed by atoms with Crippen molar-refractivity contribution in [3.8, 4) is 11.1 Å². The molecule has 2 unspecified atom stereocenters. The normalized spacial score (nSPS) is 15.6. The van der Waals surface area contributed by atoms with Gasteiger partial charge in [0, 0.05) is 13.0 Å². The van der Waals surface area contributed by atoms with Crippen molar-refractivity contribution in [2.45, 2.75) is 64.3 Å². The first kappa shape index (κ1) is 29.6. The van der Waals surface area contributed by atoms with E-state index in [4.69, 9.17) is 9.47 Å². The Labute approximate surface area is 242 Å². The molecule has 0 saturated carbocycles. The molecule has 1 N–H and O–H groups in total. The number of esters is 1. The number of alkyl carbamates (subject to hydrolysis) is 1. The lowest BCUT2D eigenvalue weighted by molar-refractivity contribution is -0.141. The van der Waals surface area contributed by atoms with Gasteiger partial charge in [-0.05, 0) is 55.9 Å². The molecule has 1 aliphatic heterocycles. The van der Waals surface area contributed by atoms with E-state index in [-0.39, 0.29) is 24.5 Å². The minimum Gasteiger partial charge on any atom is -0.457 e. The number of likely N-dealkylation sites (tertiary alicyclic amines) is 1. The number of carbonyl (C=O) groups is 3. The van der Waals surface area contributed by atoms with E-state index in [2.05, 4.69) is 11.9 Å². The van der Waals surface area contributed by atoms with Crippen molar-refractivity contribution in [3.63, 3.8) is 0 Å². The Balaban J connectivity index is 1.48. The maximum atomic E-state index is 13.9. The van der Waals surface area contributed by atoms with Crippen LogP contribution in [0.15, 0.2) is 97.1 Å². The van der Waals surface area contributed by atoms with Gasteiger partial charge >= 0.3 is 12.1 Å². The van der Waals surface area contributed by atoms with Crippen LogP contribution in [-0.2, 0) is 32.1 Å². The number of ether oxygens (including phenoxy) is 2. The number of nitrogens with one attached hydrogen (secondary N) is 1. The van der Waals surface area contributed by atoms with E-state index in [1.54, 1.807) is 25.7 Å². The monoisotopic (exact) mass is 554 g/mol. The molecular formula is C34H38N2O5. The summed E-state index contributed by atoms with van der Waals surface area (Å²) in [7, 11) is 0. The van der Waals surface area contributed by atoms with Crippen molar-refractivity contribution in [1.82, 2.24) is 10.2 Å². The van der Waals surface area contributed by atoms with Gasteiger partial charge in [-0.2, -0.15) is 0 Å². The Morgan fingerprint density at radius 1 is 0.902 bits per heavy atom. The molecule has 3 aromatic rings. The van der Waals surface area contributed by atoms with E-state index in [1.165, 1.54) is 0 Å². The Kier molecular flexibility index (Phi) is 9.61. The summed E-state index contributed by atoms with van der Waals surface area (Å²) < 4.78 is 11.0. The maximum absolute atomic E-state index is 13.9. The van der Waals surface area contributed by atoms with Gasteiger partial charge in [0.2, 0.25) is 5.91 Å². The molecule has 0 spiro atoms. The number of nitrogens with zero attached hydrogens (tertiary/aromatic N) is 1. The van der Waals surface area contributed by atoms with Crippen LogP contribution in [0.5, 0.6) is 0 Å². The number of amides is 2. The van der Waals surface area contributed by atoms with Gasteiger partial charge in [0.25, 0.3) is 0 Å². The number of hydrogen-bond acceptors (Lipinski definition) is 5. The standard InChI is InChI=1S/C34H38N2O5/c1-24(32(38)40-23-26-12-7-5-8-13-26)30-16-11-21-36(30)31(37)29(35-33(39)41-34(2,3)4)22-25-17-19-28(20-18-25)27-14-9-6-10-15-27/h5-10,12-15,17-20,29-30H,1,11,16,21-23H2,2-4H3,(H,35,39). The first-order valence-electron chi connectivity index (χ1n) is 13.9. The number of hydrogen-bond donors (Lipinski definition) is 1. The molecule has 1 heterocycles. The van der Waals surface area contributed by atoms with Crippen LogP contribution in [0.3, 0.4) is 0 Å². The Morgan fingerprint density at radius 3 is 2.15 bits per heavy atom. The second kappa shape index (κ2) is 13.3. The van der Waals surface area contributed by atoms with Gasteiger partial charge < -0.3 is 19.7 Å². The maximum Gasteiger partial charge on any atom is 0.408 e. The largest absolute Gasteiger partial charge is 0.457 e. The average molecular weight is 555 g/mol. The summed E-state index contributed by atoms with van der Waals surface area (Å²) in [6.07, 6.45) is 0.900. The second-order valence-electron chi connectivity index (χ2n) is 11.2. The van der Waals surface area contributed by atoms with Gasteiger partial charge in [-0.15, -0.1) is 0 Å². The van der Waals surface area contributed by atoms with E-state index in [1.807, 2.05) is 84.9 Å². The number of benzene rings is 3. The van der Waals surface area contributed by atoms with E-state index in [9.17, 15) is 14.4 Å². The minimum atomic E-state index is -0.888. The van der Waals surface area contributed by atoms with Crippen LogP contribution in [0.1, 0.15) is 44.7 Å². The van der Waals surface area contributed by atoms with Crippen LogP contribution >= 0.6 is 0 Å². The summed E-state index contributed by atoms with van der Waals surface area (Å²) >= 11 is 0. The highest BCUT2D eigenvalue weighted by Gasteiger charge is 2.38. The van der Waals surface area contributed by atoms with Crippen LogP contribution in [0, 0.1) is 0 Å². The van der Waals surface area contributed by atoms with Crippen LogP contribution in [-0.4, -0.2) is 47.1 Å². The Morgan fingerprint density at radius 2 is 1.51 bits per heavy atom. The summed E-state index contributed by atoms with van der Waals surface area (Å²) in [6.45, 7) is 9.88. The predicted octanol–water partition coefficient (Wildman–Crippen LogP) is 6.08. The van der Waals surface area contributed by atoms with Crippen molar-refractivity contribution >= 4 is 18.0 Å². The third-order valence-corrected chi connectivity index (χ3v) is 6.90. The van der Waals surface area contributed by atoms with Gasteiger partial charge in [-0.3, -0.25) is 4.79 Å². The fourth-order valence-corrected chi connectivity index (χ4v) is 4.89. The summed E-state index contributed by atoms with van der Waals surface area (Å²) in [6, 6.07) is 26.0. The smallest absolute Gasteiger partial charge is 0.408 e. The van der Waals surface area contributed by atoms with Crippen molar-refractivity contribution in [1.29, 1.82) is 0 Å². The highest BCUT2D eigenvalue weighted by Crippen LogP contribution is 2.26. The van der Waals surface area contributed by atoms with Gasteiger partial charge in [-0.25, -0.2) is 9.59 Å². The van der Waals surface area contributed by atoms with E-state index >= 15 is 0 Å². The van der Waals surface area contributed by atoms with Gasteiger partial charge in [0.1, 0.15) is 18.2 Å². The highest BCUT2D eigenvalue weighted by atomic mass is 16.6. The molecule has 214 valence electrons. The molecule has 0 bridgehead atoms. The molecule has 1 fully saturated rings. The third-order valence-electron chi connectivity index (χ3n) is 6.90. The zero-order chi connectivity index (χ0) is 29.4. The third kappa shape index (κ3) is 8.30. The average Bonchev–Trinajstić information content (AvgIpc) is 3.45. The van der Waals surface area contributed by atoms with Crippen molar-refractivity contribution in [2.75, 3.05) is 6.54 Å². The van der Waals surface area contributed by atoms with Crippen LogP contribution in [0.4, 0.5) is 4.79 Å². The van der Waals surface area contributed by atoms with E-state index in [0.29, 0.717) is 19.4 Å². The quantitative estimate of drug-likeness (QED) is 0.256. The molecule has 0 aromatic heterocycles. The molecule has 0 aliphatic carbocycles. The fourth-order valence-electron chi connectivity index (χ4n) is 4.89. The van der Waals surface area contributed by atoms with Crippen LogP contribution < -0.4 is 5.32 Å². The van der Waals surface area contributed by atoms with Crippen LogP contribution in [0.25, 0.3) is 11.1 Å². The molecule has 7 heteroatoms. The molecule has 7 nitrogen and oxygen atoms in total.